The molecule has 1 aliphatic heterocycles. The van der Waals surface area contributed by atoms with Crippen LogP contribution < -0.4 is 0 Å². The molecule has 1 aliphatic rings. The maximum Gasteiger partial charge on any atom is 0.303 e. The summed E-state index contributed by atoms with van der Waals surface area (Å²) in [5, 5.41) is 8.76. The number of carbonyl (C=O) groups is 1. The molecule has 2 heterocycles. The summed E-state index contributed by atoms with van der Waals surface area (Å²) in [6.07, 6.45) is 4.29. The van der Waals surface area contributed by atoms with Crippen LogP contribution >= 0.6 is 0 Å². The summed E-state index contributed by atoms with van der Waals surface area (Å²) in [5.41, 5.74) is 2.28. The van der Waals surface area contributed by atoms with Crippen LogP contribution in [0.25, 0.3) is 11.0 Å². The maximum absolute atomic E-state index is 10.6. The average Bonchev–Trinajstić information content (AvgIpc) is 3.14. The maximum atomic E-state index is 10.6. The summed E-state index contributed by atoms with van der Waals surface area (Å²) < 4.78 is 2.33. The predicted molar refractivity (Wildman–Crippen MR) is 90.4 cm³/mol. The van der Waals surface area contributed by atoms with Gasteiger partial charge in [0, 0.05) is 13.0 Å². The number of rotatable bonds is 7. The van der Waals surface area contributed by atoms with Crippen molar-refractivity contribution in [1.82, 2.24) is 14.5 Å². The normalized spacial score (nSPS) is 18.7. The van der Waals surface area contributed by atoms with Gasteiger partial charge in [-0.25, -0.2) is 4.98 Å². The molecule has 0 spiro atoms. The number of unbranched alkanes of at least 4 members (excludes halogenated alkanes) is 1. The molecule has 23 heavy (non-hydrogen) atoms. The van der Waals surface area contributed by atoms with E-state index in [-0.39, 0.29) is 6.42 Å². The molecule has 2 aromatic rings. The van der Waals surface area contributed by atoms with Gasteiger partial charge >= 0.3 is 5.97 Å². The molecule has 1 atom stereocenters. The Hall–Kier alpha value is -1.88. The van der Waals surface area contributed by atoms with Crippen LogP contribution in [0.3, 0.4) is 0 Å². The van der Waals surface area contributed by atoms with Crippen LogP contribution in [0.2, 0.25) is 0 Å². The first-order valence-electron chi connectivity index (χ1n) is 8.61. The van der Waals surface area contributed by atoms with Crippen molar-refractivity contribution in [2.24, 2.45) is 0 Å². The van der Waals surface area contributed by atoms with Gasteiger partial charge < -0.3 is 9.67 Å². The number of fused-ring (bicyclic) bond motifs is 1. The average molecular weight is 315 g/mol. The van der Waals surface area contributed by atoms with Crippen LogP contribution in [0, 0.1) is 0 Å². The number of carboxylic acids is 1. The van der Waals surface area contributed by atoms with E-state index >= 15 is 0 Å². The highest BCUT2D eigenvalue weighted by Crippen LogP contribution is 2.33. The first kappa shape index (κ1) is 16.0. The van der Waals surface area contributed by atoms with Crippen molar-refractivity contribution in [3.63, 3.8) is 0 Å². The van der Waals surface area contributed by atoms with E-state index in [0.29, 0.717) is 6.04 Å². The fourth-order valence-electron chi connectivity index (χ4n) is 3.66. The lowest BCUT2D eigenvalue weighted by Crippen LogP contribution is -2.26. The number of likely N-dealkylation sites (tertiary alicyclic amines) is 1. The van der Waals surface area contributed by atoms with E-state index in [9.17, 15) is 4.79 Å². The molecule has 0 amide bonds. The number of aliphatic carboxylic acids is 1. The minimum absolute atomic E-state index is 0.270. The van der Waals surface area contributed by atoms with Gasteiger partial charge in [-0.2, -0.15) is 0 Å². The molecule has 1 unspecified atom stereocenters. The lowest BCUT2D eigenvalue weighted by molar-refractivity contribution is -0.137. The first-order valence-corrected chi connectivity index (χ1v) is 8.61. The number of carboxylic acid groups (broad SMARTS) is 1. The van der Waals surface area contributed by atoms with Gasteiger partial charge in [0.2, 0.25) is 0 Å². The molecule has 0 radical (unpaired) electrons. The standard InChI is InChI=1S/C18H25N3O2/c1-2-21-15-9-4-3-8-14(15)19-18(21)16-10-7-13-20(16)12-6-5-11-17(22)23/h3-4,8-9,16H,2,5-7,10-13H2,1H3,(H,22,23). The molecule has 0 bridgehead atoms. The molecule has 1 N–H and O–H groups in total. The van der Waals surface area contributed by atoms with Crippen molar-refractivity contribution >= 4 is 17.0 Å². The lowest BCUT2D eigenvalue weighted by Gasteiger charge is -2.24. The van der Waals surface area contributed by atoms with E-state index in [1.165, 1.54) is 17.8 Å². The summed E-state index contributed by atoms with van der Waals surface area (Å²) in [6.45, 7) is 5.15. The van der Waals surface area contributed by atoms with Gasteiger partial charge in [0.1, 0.15) is 5.82 Å². The Bertz CT molecular complexity index is 680. The number of aromatic nitrogens is 2. The van der Waals surface area contributed by atoms with E-state index in [1.54, 1.807) is 0 Å². The number of aryl methyl sites for hydroxylation is 1. The quantitative estimate of drug-likeness (QED) is 0.795. The molecular formula is C18H25N3O2. The highest BCUT2D eigenvalue weighted by Gasteiger charge is 2.29. The summed E-state index contributed by atoms with van der Waals surface area (Å²) in [5.74, 6) is 0.472. The van der Waals surface area contributed by atoms with Gasteiger partial charge in [0.25, 0.3) is 0 Å². The largest absolute Gasteiger partial charge is 0.481 e. The molecule has 5 nitrogen and oxygen atoms in total. The second-order valence-electron chi connectivity index (χ2n) is 6.25. The molecule has 1 fully saturated rings. The minimum Gasteiger partial charge on any atom is -0.481 e. The number of para-hydroxylation sites is 2. The van der Waals surface area contributed by atoms with Crippen molar-refractivity contribution < 1.29 is 9.90 Å². The third-order valence-electron chi connectivity index (χ3n) is 4.75. The Labute approximate surface area is 136 Å². The highest BCUT2D eigenvalue weighted by atomic mass is 16.4. The number of benzene rings is 1. The number of nitrogens with zero attached hydrogens (tertiary/aromatic N) is 3. The number of imidazole rings is 1. The molecule has 3 rings (SSSR count). The first-order chi connectivity index (χ1) is 11.2. The van der Waals surface area contributed by atoms with Crippen molar-refractivity contribution in [3.8, 4) is 0 Å². The summed E-state index contributed by atoms with van der Waals surface area (Å²) >= 11 is 0. The Morgan fingerprint density at radius 1 is 1.35 bits per heavy atom. The zero-order valence-electron chi connectivity index (χ0n) is 13.7. The highest BCUT2D eigenvalue weighted by molar-refractivity contribution is 5.76. The molecule has 0 saturated carbocycles. The second-order valence-corrected chi connectivity index (χ2v) is 6.25. The minimum atomic E-state index is -0.698. The van der Waals surface area contributed by atoms with Crippen LogP contribution in [0.1, 0.15) is 50.9 Å². The lowest BCUT2D eigenvalue weighted by atomic mass is 10.2. The third-order valence-corrected chi connectivity index (χ3v) is 4.75. The fourth-order valence-corrected chi connectivity index (χ4v) is 3.66. The van der Waals surface area contributed by atoms with Gasteiger partial charge in [-0.3, -0.25) is 9.69 Å². The number of hydrogen-bond acceptors (Lipinski definition) is 3. The Kier molecular flexibility index (Phi) is 4.96. The van der Waals surface area contributed by atoms with E-state index in [4.69, 9.17) is 10.1 Å². The SMILES string of the molecule is CCn1c(C2CCCN2CCCCC(=O)O)nc2ccccc21. The molecule has 0 aliphatic carbocycles. The summed E-state index contributed by atoms with van der Waals surface area (Å²) in [6, 6.07) is 8.70. The smallest absolute Gasteiger partial charge is 0.303 e. The van der Waals surface area contributed by atoms with Crippen molar-refractivity contribution in [2.45, 2.75) is 51.6 Å². The summed E-state index contributed by atoms with van der Waals surface area (Å²) in [7, 11) is 0. The Morgan fingerprint density at radius 3 is 2.96 bits per heavy atom. The predicted octanol–water partition coefficient (Wildman–Crippen LogP) is 3.45. The van der Waals surface area contributed by atoms with Gasteiger partial charge in [-0.1, -0.05) is 12.1 Å². The van der Waals surface area contributed by atoms with Gasteiger partial charge in [0.05, 0.1) is 17.1 Å². The molecule has 124 valence electrons. The van der Waals surface area contributed by atoms with Crippen LogP contribution in [-0.4, -0.2) is 38.6 Å². The molecular weight excluding hydrogens is 290 g/mol. The fraction of sp³-hybridized carbons (Fsp3) is 0.556. The number of hydrogen-bond donors (Lipinski definition) is 1. The van der Waals surface area contributed by atoms with E-state index in [2.05, 4.69) is 34.6 Å². The third kappa shape index (κ3) is 3.39. The van der Waals surface area contributed by atoms with E-state index in [1.807, 2.05) is 6.07 Å². The van der Waals surface area contributed by atoms with Crippen LogP contribution in [0.4, 0.5) is 0 Å². The molecule has 1 saturated heterocycles. The second kappa shape index (κ2) is 7.13. The van der Waals surface area contributed by atoms with Crippen LogP contribution in [0.15, 0.2) is 24.3 Å². The van der Waals surface area contributed by atoms with Crippen LogP contribution in [-0.2, 0) is 11.3 Å². The summed E-state index contributed by atoms with van der Waals surface area (Å²) in [4.78, 5) is 18.0. The van der Waals surface area contributed by atoms with Gasteiger partial charge in [-0.15, -0.1) is 0 Å². The van der Waals surface area contributed by atoms with Crippen LogP contribution in [0.5, 0.6) is 0 Å². The van der Waals surface area contributed by atoms with E-state index in [0.717, 1.165) is 44.4 Å². The van der Waals surface area contributed by atoms with Gasteiger partial charge in [0.15, 0.2) is 0 Å². The zero-order valence-corrected chi connectivity index (χ0v) is 13.7. The topological polar surface area (TPSA) is 58.4 Å². The van der Waals surface area contributed by atoms with Crippen molar-refractivity contribution in [3.05, 3.63) is 30.1 Å². The van der Waals surface area contributed by atoms with Crippen molar-refractivity contribution in [1.29, 1.82) is 0 Å². The van der Waals surface area contributed by atoms with E-state index < -0.39 is 5.97 Å². The Morgan fingerprint density at radius 2 is 2.17 bits per heavy atom. The molecule has 1 aromatic carbocycles. The Balaban J connectivity index is 1.75. The van der Waals surface area contributed by atoms with Crippen molar-refractivity contribution in [2.75, 3.05) is 13.1 Å². The zero-order chi connectivity index (χ0) is 16.2. The molecule has 1 aromatic heterocycles. The molecule has 5 heteroatoms. The van der Waals surface area contributed by atoms with Gasteiger partial charge in [-0.05, 0) is 57.8 Å². The monoisotopic (exact) mass is 315 g/mol.